The molecule has 3 rings (SSSR count). The minimum Gasteiger partial charge on any atom is -0.441 e. The molecule has 1 aromatic carbocycles. The molecule has 0 radical (unpaired) electrons. The average Bonchev–Trinajstić information content (AvgIpc) is 3.04. The van der Waals surface area contributed by atoms with Gasteiger partial charge in [0.15, 0.2) is 11.5 Å². The summed E-state index contributed by atoms with van der Waals surface area (Å²) in [5.41, 5.74) is 1.68. The van der Waals surface area contributed by atoms with Crippen molar-refractivity contribution >= 4 is 21.9 Å². The normalized spacial score (nSPS) is 12.8. The fourth-order valence-electron chi connectivity index (χ4n) is 2.05. The molecule has 0 bridgehead atoms. The van der Waals surface area contributed by atoms with Gasteiger partial charge in [0.25, 0.3) is 0 Å². The molecule has 1 atom stereocenters. The first-order chi connectivity index (χ1) is 9.74. The van der Waals surface area contributed by atoms with Crippen molar-refractivity contribution in [3.63, 3.8) is 0 Å². The van der Waals surface area contributed by atoms with Gasteiger partial charge >= 0.3 is 0 Å². The molecule has 7 heteroatoms. The maximum absolute atomic E-state index is 11.4. The van der Waals surface area contributed by atoms with Crippen LogP contribution in [0.15, 0.2) is 40.2 Å². The van der Waals surface area contributed by atoms with Gasteiger partial charge in [-0.15, -0.1) is 10.2 Å². The van der Waals surface area contributed by atoms with E-state index in [0.29, 0.717) is 11.7 Å². The molecule has 6 nitrogen and oxygen atoms in total. The Morgan fingerprint density at radius 1 is 1.35 bits per heavy atom. The van der Waals surface area contributed by atoms with Crippen LogP contribution >= 0.6 is 0 Å². The monoisotopic (exact) mass is 290 g/mol. The van der Waals surface area contributed by atoms with E-state index in [4.69, 9.17) is 4.42 Å². The molecule has 0 amide bonds. The van der Waals surface area contributed by atoms with Crippen LogP contribution in [0, 0.1) is 0 Å². The molecule has 0 saturated heterocycles. The van der Waals surface area contributed by atoms with E-state index in [1.807, 2.05) is 24.3 Å². The van der Waals surface area contributed by atoms with Crippen molar-refractivity contribution in [1.29, 1.82) is 0 Å². The van der Waals surface area contributed by atoms with Gasteiger partial charge in [0.05, 0.1) is 10.8 Å². The lowest BCUT2D eigenvalue weighted by Gasteiger charge is -2.02. The van der Waals surface area contributed by atoms with E-state index in [-0.39, 0.29) is 0 Å². The van der Waals surface area contributed by atoms with Crippen LogP contribution in [-0.2, 0) is 23.8 Å². The van der Waals surface area contributed by atoms with Crippen molar-refractivity contribution in [3.8, 4) is 0 Å². The van der Waals surface area contributed by atoms with Crippen LogP contribution in [0.2, 0.25) is 0 Å². The number of aryl methyl sites for hydroxylation is 2. The summed E-state index contributed by atoms with van der Waals surface area (Å²) in [6.07, 6.45) is 4.75. The molecule has 0 aliphatic rings. The highest BCUT2D eigenvalue weighted by Crippen LogP contribution is 2.16. The van der Waals surface area contributed by atoms with E-state index in [0.717, 1.165) is 29.8 Å². The third-order valence-electron chi connectivity index (χ3n) is 2.96. The van der Waals surface area contributed by atoms with Crippen LogP contribution in [0.5, 0.6) is 0 Å². The van der Waals surface area contributed by atoms with Crippen LogP contribution in [0.25, 0.3) is 11.1 Å². The highest BCUT2D eigenvalue weighted by molar-refractivity contribution is 7.84. The first-order valence-corrected chi connectivity index (χ1v) is 7.85. The predicted molar refractivity (Wildman–Crippen MR) is 74.7 cm³/mol. The Labute approximate surface area is 118 Å². The summed E-state index contributed by atoms with van der Waals surface area (Å²) in [6, 6.07) is 7.70. The smallest absolute Gasteiger partial charge is 0.221 e. The van der Waals surface area contributed by atoms with Gasteiger partial charge in [-0.2, -0.15) is 0 Å². The molecule has 0 unspecified atom stereocenters. The zero-order chi connectivity index (χ0) is 13.9. The van der Waals surface area contributed by atoms with Crippen LogP contribution in [0.4, 0.5) is 0 Å². The van der Waals surface area contributed by atoms with Crippen LogP contribution in [0.1, 0.15) is 12.3 Å². The second-order valence-electron chi connectivity index (χ2n) is 4.44. The van der Waals surface area contributed by atoms with E-state index in [9.17, 15) is 4.21 Å². The molecule has 0 spiro atoms. The zero-order valence-electron chi connectivity index (χ0n) is 11.0. The molecule has 0 saturated carbocycles. The SMILES string of the molecule is C[S@](=O)c1nncn1CCCc1nc2ccccc2o1. The number of rotatable bonds is 5. The average molecular weight is 290 g/mol. The number of nitrogens with zero attached hydrogens (tertiary/aromatic N) is 4. The Hall–Kier alpha value is -2.02. The van der Waals surface area contributed by atoms with Gasteiger partial charge in [-0.05, 0) is 18.6 Å². The lowest BCUT2D eigenvalue weighted by Crippen LogP contribution is -2.05. The van der Waals surface area contributed by atoms with E-state index < -0.39 is 10.8 Å². The van der Waals surface area contributed by atoms with Crippen molar-refractivity contribution < 1.29 is 8.63 Å². The Bertz CT molecular complexity index is 717. The van der Waals surface area contributed by atoms with Gasteiger partial charge in [0, 0.05) is 19.2 Å². The van der Waals surface area contributed by atoms with Crippen molar-refractivity contribution in [2.24, 2.45) is 0 Å². The van der Waals surface area contributed by atoms with E-state index in [1.54, 1.807) is 17.2 Å². The Kier molecular flexibility index (Phi) is 3.60. The first-order valence-electron chi connectivity index (χ1n) is 6.30. The third-order valence-corrected chi connectivity index (χ3v) is 3.80. The molecule has 104 valence electrons. The minimum absolute atomic E-state index is 0.502. The van der Waals surface area contributed by atoms with Gasteiger partial charge < -0.3 is 8.98 Å². The minimum atomic E-state index is -1.12. The van der Waals surface area contributed by atoms with Crippen molar-refractivity contribution in [2.75, 3.05) is 6.26 Å². The number of benzene rings is 1. The van der Waals surface area contributed by atoms with Crippen LogP contribution in [0.3, 0.4) is 0 Å². The van der Waals surface area contributed by atoms with Gasteiger partial charge in [-0.25, -0.2) is 4.98 Å². The molecular weight excluding hydrogens is 276 g/mol. The van der Waals surface area contributed by atoms with E-state index in [1.165, 1.54) is 0 Å². The molecule has 20 heavy (non-hydrogen) atoms. The first kappa shape index (κ1) is 13.0. The topological polar surface area (TPSA) is 73.8 Å². The summed E-state index contributed by atoms with van der Waals surface area (Å²) in [5, 5.41) is 8.14. The predicted octanol–water partition coefficient (Wildman–Crippen LogP) is 1.79. The molecule has 0 aliphatic heterocycles. The standard InChI is InChI=1S/C13H14N4O2S/c1-20(18)13-16-14-9-17(13)8-4-7-12-15-10-5-2-3-6-11(10)19-12/h2-3,5-6,9H,4,7-8H2,1H3/t20-/m0/s1. The summed E-state index contributed by atoms with van der Waals surface area (Å²) >= 11 is 0. The van der Waals surface area contributed by atoms with E-state index in [2.05, 4.69) is 15.2 Å². The molecule has 0 fully saturated rings. The Balaban J connectivity index is 1.65. The van der Waals surface area contributed by atoms with Crippen molar-refractivity contribution in [3.05, 3.63) is 36.5 Å². The maximum Gasteiger partial charge on any atom is 0.221 e. The van der Waals surface area contributed by atoms with E-state index >= 15 is 0 Å². The lowest BCUT2D eigenvalue weighted by atomic mass is 10.3. The number of hydrogen-bond donors (Lipinski definition) is 0. The maximum atomic E-state index is 11.4. The summed E-state index contributed by atoms with van der Waals surface area (Å²) in [6.45, 7) is 0.695. The number of aromatic nitrogens is 4. The number of oxazole rings is 1. The van der Waals surface area contributed by atoms with Crippen LogP contribution < -0.4 is 0 Å². The second-order valence-corrected chi connectivity index (χ2v) is 5.71. The summed E-state index contributed by atoms with van der Waals surface area (Å²) in [7, 11) is -1.12. The van der Waals surface area contributed by atoms with Crippen molar-refractivity contribution in [2.45, 2.75) is 24.5 Å². The molecule has 3 aromatic rings. The zero-order valence-corrected chi connectivity index (χ0v) is 11.8. The van der Waals surface area contributed by atoms with Crippen molar-refractivity contribution in [1.82, 2.24) is 19.7 Å². The Morgan fingerprint density at radius 3 is 3.00 bits per heavy atom. The number of fused-ring (bicyclic) bond motifs is 1. The highest BCUT2D eigenvalue weighted by Gasteiger charge is 2.09. The molecule has 2 aromatic heterocycles. The number of hydrogen-bond acceptors (Lipinski definition) is 5. The quantitative estimate of drug-likeness (QED) is 0.716. The number of para-hydroxylation sites is 2. The largest absolute Gasteiger partial charge is 0.441 e. The lowest BCUT2D eigenvalue weighted by molar-refractivity contribution is 0.495. The summed E-state index contributed by atoms with van der Waals surface area (Å²) < 4.78 is 18.9. The Morgan fingerprint density at radius 2 is 2.20 bits per heavy atom. The van der Waals surface area contributed by atoms with Crippen LogP contribution in [-0.4, -0.2) is 30.2 Å². The highest BCUT2D eigenvalue weighted by atomic mass is 32.2. The molecule has 0 aliphatic carbocycles. The fourth-order valence-corrected chi connectivity index (χ4v) is 2.68. The molecule has 2 heterocycles. The summed E-state index contributed by atoms with van der Waals surface area (Å²) in [5.74, 6) is 0.721. The van der Waals surface area contributed by atoms with Gasteiger partial charge in [-0.3, -0.25) is 4.21 Å². The molecule has 0 N–H and O–H groups in total. The fraction of sp³-hybridized carbons (Fsp3) is 0.308. The molecular formula is C13H14N4O2S. The third kappa shape index (κ3) is 2.62. The summed E-state index contributed by atoms with van der Waals surface area (Å²) in [4.78, 5) is 4.42. The van der Waals surface area contributed by atoms with Gasteiger partial charge in [-0.1, -0.05) is 12.1 Å². The second kappa shape index (κ2) is 5.54. The van der Waals surface area contributed by atoms with Gasteiger partial charge in [0.2, 0.25) is 5.16 Å². The van der Waals surface area contributed by atoms with Gasteiger partial charge in [0.1, 0.15) is 11.8 Å².